The van der Waals surface area contributed by atoms with Crippen molar-refractivity contribution < 1.29 is 23.5 Å². The van der Waals surface area contributed by atoms with E-state index in [4.69, 9.17) is 9.47 Å². The first kappa shape index (κ1) is 19.2. The van der Waals surface area contributed by atoms with Crippen LogP contribution in [0, 0.1) is 5.82 Å². The number of anilines is 1. The highest BCUT2D eigenvalue weighted by Crippen LogP contribution is 2.31. The van der Waals surface area contributed by atoms with Crippen molar-refractivity contribution in [1.29, 1.82) is 0 Å². The molecule has 4 rings (SSSR count). The fourth-order valence-corrected chi connectivity index (χ4v) is 3.43. The summed E-state index contributed by atoms with van der Waals surface area (Å²) in [7, 11) is 0. The van der Waals surface area contributed by atoms with Gasteiger partial charge in [0, 0.05) is 26.2 Å². The van der Waals surface area contributed by atoms with Crippen molar-refractivity contribution in [3.8, 4) is 11.5 Å². The molecule has 1 saturated heterocycles. The van der Waals surface area contributed by atoms with Crippen molar-refractivity contribution in [2.45, 2.75) is 6.10 Å². The minimum absolute atomic E-state index is 0.116. The number of nitrogens with zero attached hydrogens (tertiary/aromatic N) is 2. The molecule has 0 radical (unpaired) electrons. The number of amides is 2. The number of halogens is 1. The zero-order valence-corrected chi connectivity index (χ0v) is 15.8. The average Bonchev–Trinajstić information content (AvgIpc) is 2.75. The summed E-state index contributed by atoms with van der Waals surface area (Å²) in [5.41, 5.74) is 0.168. The summed E-state index contributed by atoms with van der Waals surface area (Å²) in [5, 5.41) is 2.58. The number of ether oxygens (including phenoxy) is 2. The van der Waals surface area contributed by atoms with Gasteiger partial charge < -0.3 is 19.7 Å². The first-order valence-corrected chi connectivity index (χ1v) is 9.54. The molecule has 0 spiro atoms. The van der Waals surface area contributed by atoms with Gasteiger partial charge in [-0.15, -0.1) is 0 Å². The summed E-state index contributed by atoms with van der Waals surface area (Å²) in [4.78, 5) is 28.6. The molecule has 2 aromatic rings. The van der Waals surface area contributed by atoms with Gasteiger partial charge in [0.15, 0.2) is 11.5 Å². The van der Waals surface area contributed by atoms with Gasteiger partial charge in [0.05, 0.1) is 12.2 Å². The molecule has 2 heterocycles. The Bertz CT molecular complexity index is 899. The van der Waals surface area contributed by atoms with Crippen LogP contribution in [-0.2, 0) is 9.59 Å². The van der Waals surface area contributed by atoms with Crippen molar-refractivity contribution in [3.63, 3.8) is 0 Å². The van der Waals surface area contributed by atoms with Gasteiger partial charge in [0.2, 0.25) is 12.0 Å². The number of carbonyl (C=O) groups excluding carboxylic acids is 2. The molecule has 1 fully saturated rings. The summed E-state index contributed by atoms with van der Waals surface area (Å²) in [5.74, 6) is 0.348. The molecular weight excluding hydrogens is 377 g/mol. The quantitative estimate of drug-likeness (QED) is 0.848. The second-order valence-corrected chi connectivity index (χ2v) is 6.99. The molecule has 1 N–H and O–H groups in total. The van der Waals surface area contributed by atoms with E-state index >= 15 is 0 Å². The lowest BCUT2D eigenvalue weighted by molar-refractivity contribution is -0.143. The number of carbonyl (C=O) groups is 2. The van der Waals surface area contributed by atoms with Gasteiger partial charge in [0.1, 0.15) is 12.4 Å². The molecule has 2 aliphatic rings. The molecule has 2 aliphatic heterocycles. The van der Waals surface area contributed by atoms with Crippen molar-refractivity contribution in [1.82, 2.24) is 9.80 Å². The number of fused-ring (bicyclic) bond motifs is 1. The van der Waals surface area contributed by atoms with E-state index in [1.54, 1.807) is 29.2 Å². The number of hydrogen-bond acceptors (Lipinski definition) is 5. The Labute approximate surface area is 168 Å². The third kappa shape index (κ3) is 4.48. The maximum Gasteiger partial charge on any atom is 0.267 e. The third-order valence-electron chi connectivity index (χ3n) is 4.98. The van der Waals surface area contributed by atoms with Crippen LogP contribution in [0.4, 0.5) is 10.1 Å². The molecule has 0 unspecified atom stereocenters. The van der Waals surface area contributed by atoms with Gasteiger partial charge in [-0.25, -0.2) is 4.39 Å². The number of piperazine rings is 1. The van der Waals surface area contributed by atoms with Crippen molar-refractivity contribution in [3.05, 3.63) is 54.3 Å². The molecule has 8 heteroatoms. The van der Waals surface area contributed by atoms with Gasteiger partial charge in [-0.1, -0.05) is 24.3 Å². The van der Waals surface area contributed by atoms with Crippen LogP contribution in [0.2, 0.25) is 0 Å². The number of nitrogens with one attached hydrogen (secondary N) is 1. The number of para-hydroxylation sites is 3. The van der Waals surface area contributed by atoms with Crippen LogP contribution in [0.15, 0.2) is 48.5 Å². The van der Waals surface area contributed by atoms with Crippen LogP contribution in [0.5, 0.6) is 11.5 Å². The monoisotopic (exact) mass is 399 g/mol. The molecule has 2 amide bonds. The zero-order chi connectivity index (χ0) is 20.2. The highest BCUT2D eigenvalue weighted by molar-refractivity contribution is 5.92. The number of benzene rings is 2. The number of rotatable bonds is 4. The minimum atomic E-state index is -0.666. The fourth-order valence-electron chi connectivity index (χ4n) is 3.43. The van der Waals surface area contributed by atoms with E-state index in [-0.39, 0.29) is 30.7 Å². The lowest BCUT2D eigenvalue weighted by Crippen LogP contribution is -2.54. The molecular formula is C21H22FN3O4. The summed E-state index contributed by atoms with van der Waals surface area (Å²) in [6.45, 7) is 2.43. The van der Waals surface area contributed by atoms with Crippen LogP contribution in [0.25, 0.3) is 0 Å². The summed E-state index contributed by atoms with van der Waals surface area (Å²) < 4.78 is 25.1. The van der Waals surface area contributed by atoms with E-state index < -0.39 is 11.9 Å². The predicted octanol–water partition coefficient (Wildman–Crippen LogP) is 1.75. The smallest absolute Gasteiger partial charge is 0.267 e. The SMILES string of the molecule is O=C(CN1CCN(C(=O)[C@H]2COc3ccccc3O2)CC1)Nc1ccccc1F. The highest BCUT2D eigenvalue weighted by atomic mass is 19.1. The van der Waals surface area contributed by atoms with E-state index in [0.717, 1.165) is 0 Å². The Morgan fingerprint density at radius 2 is 1.69 bits per heavy atom. The maximum atomic E-state index is 13.6. The molecule has 0 bridgehead atoms. The van der Waals surface area contributed by atoms with Crippen LogP contribution >= 0.6 is 0 Å². The average molecular weight is 399 g/mol. The fraction of sp³-hybridized carbons (Fsp3) is 0.333. The Balaban J connectivity index is 1.26. The number of hydrogen-bond donors (Lipinski definition) is 1. The van der Waals surface area contributed by atoms with E-state index in [1.165, 1.54) is 12.1 Å². The van der Waals surface area contributed by atoms with Crippen molar-refractivity contribution >= 4 is 17.5 Å². The van der Waals surface area contributed by atoms with Crippen molar-refractivity contribution in [2.75, 3.05) is 44.6 Å². The van der Waals surface area contributed by atoms with Crippen LogP contribution in [-0.4, -0.2) is 67.0 Å². The molecule has 0 aliphatic carbocycles. The predicted molar refractivity (Wildman–Crippen MR) is 104 cm³/mol. The Morgan fingerprint density at radius 1 is 1.00 bits per heavy atom. The van der Waals surface area contributed by atoms with E-state index in [0.29, 0.717) is 37.7 Å². The van der Waals surface area contributed by atoms with E-state index in [1.807, 2.05) is 17.0 Å². The van der Waals surface area contributed by atoms with Gasteiger partial charge in [-0.3, -0.25) is 14.5 Å². The molecule has 0 aromatic heterocycles. The van der Waals surface area contributed by atoms with Crippen LogP contribution in [0.3, 0.4) is 0 Å². The van der Waals surface area contributed by atoms with Crippen LogP contribution in [0.1, 0.15) is 0 Å². The van der Waals surface area contributed by atoms with Gasteiger partial charge in [0.25, 0.3) is 5.91 Å². The van der Waals surface area contributed by atoms with E-state index in [9.17, 15) is 14.0 Å². The van der Waals surface area contributed by atoms with Gasteiger partial charge in [-0.2, -0.15) is 0 Å². The lowest BCUT2D eigenvalue weighted by Gasteiger charge is -2.36. The first-order valence-electron chi connectivity index (χ1n) is 9.54. The Morgan fingerprint density at radius 3 is 2.45 bits per heavy atom. The second kappa shape index (κ2) is 8.48. The molecule has 2 aromatic carbocycles. The second-order valence-electron chi connectivity index (χ2n) is 6.99. The standard InChI is InChI=1S/C21H22FN3O4/c22-15-5-1-2-6-16(15)23-20(26)13-24-9-11-25(12-10-24)21(27)19-14-28-17-7-3-4-8-18(17)29-19/h1-8,19H,9-14H2,(H,23,26)/t19-/m1/s1. The first-order chi connectivity index (χ1) is 14.1. The summed E-state index contributed by atoms with van der Waals surface area (Å²) >= 11 is 0. The molecule has 152 valence electrons. The maximum absolute atomic E-state index is 13.6. The Hall–Kier alpha value is -3.13. The lowest BCUT2D eigenvalue weighted by atomic mass is 10.2. The minimum Gasteiger partial charge on any atom is -0.485 e. The van der Waals surface area contributed by atoms with E-state index in [2.05, 4.69) is 5.32 Å². The normalized spacial score (nSPS) is 18.9. The van der Waals surface area contributed by atoms with Gasteiger partial charge >= 0.3 is 0 Å². The van der Waals surface area contributed by atoms with Gasteiger partial charge in [-0.05, 0) is 24.3 Å². The molecule has 0 saturated carbocycles. The third-order valence-corrected chi connectivity index (χ3v) is 4.98. The summed E-state index contributed by atoms with van der Waals surface area (Å²) in [6, 6.07) is 13.3. The highest BCUT2D eigenvalue weighted by Gasteiger charge is 2.32. The zero-order valence-electron chi connectivity index (χ0n) is 15.8. The topological polar surface area (TPSA) is 71.1 Å². The summed E-state index contributed by atoms with van der Waals surface area (Å²) in [6.07, 6.45) is -0.666. The molecule has 7 nitrogen and oxygen atoms in total. The largest absolute Gasteiger partial charge is 0.485 e. The molecule has 1 atom stereocenters. The molecule has 29 heavy (non-hydrogen) atoms. The van der Waals surface area contributed by atoms with Crippen LogP contribution < -0.4 is 14.8 Å². The Kier molecular flexibility index (Phi) is 5.62. The van der Waals surface area contributed by atoms with Crippen molar-refractivity contribution in [2.24, 2.45) is 0 Å².